The second-order valence-electron chi connectivity index (χ2n) is 9.01. The van der Waals surface area contributed by atoms with Crippen LogP contribution in [0.15, 0.2) is 31.6 Å². The molecule has 204 valence electrons. The number of ether oxygens (including phenoxy) is 2. The van der Waals surface area contributed by atoms with Crippen LogP contribution >= 0.6 is 0 Å². The van der Waals surface area contributed by atoms with Crippen LogP contribution in [0.4, 0.5) is 0 Å². The van der Waals surface area contributed by atoms with Gasteiger partial charge in [0.15, 0.2) is 0 Å². The van der Waals surface area contributed by atoms with Gasteiger partial charge in [-0.25, -0.2) is 9.59 Å². The minimum absolute atomic E-state index is 0.0106. The Kier molecular flexibility index (Phi) is 7.65. The number of rotatable bonds is 8. The van der Waals surface area contributed by atoms with Crippen LogP contribution in [0.1, 0.15) is 36.4 Å². The topological polar surface area (TPSA) is 227 Å². The Morgan fingerprint density at radius 1 is 0.946 bits per heavy atom. The Morgan fingerprint density at radius 3 is 2.00 bits per heavy atom. The number of hydrogen-bond acceptors (Lipinski definition) is 10. The molecule has 0 bridgehead atoms. The molecule has 2 aliphatic heterocycles. The average molecular weight is 545 g/mol. The number of nitrogens with one attached hydrogen (secondary N) is 4. The van der Waals surface area contributed by atoms with Gasteiger partial charge in [-0.15, -0.1) is 0 Å². The zero-order chi connectivity index (χ0) is 27.1. The summed E-state index contributed by atoms with van der Waals surface area (Å²) in [5.41, 5.74) is -2.05. The minimum atomic E-state index is -4.20. The third kappa shape index (κ3) is 5.82. The predicted molar refractivity (Wildman–Crippen MR) is 126 cm³/mol. The van der Waals surface area contributed by atoms with E-state index >= 15 is 0 Å². The highest BCUT2D eigenvalue weighted by Crippen LogP contribution is 2.29. The van der Waals surface area contributed by atoms with E-state index in [2.05, 4.69) is 19.4 Å². The Bertz CT molecular complexity index is 1490. The van der Waals surface area contributed by atoms with Gasteiger partial charge in [0.2, 0.25) is 0 Å². The molecule has 0 radical (unpaired) electrons. The molecule has 2 aromatic rings. The lowest BCUT2D eigenvalue weighted by Gasteiger charge is -2.20. The Morgan fingerprint density at radius 2 is 1.46 bits per heavy atom. The molecule has 0 spiro atoms. The summed E-state index contributed by atoms with van der Waals surface area (Å²) in [6.45, 7) is 2.11. The van der Waals surface area contributed by atoms with Gasteiger partial charge in [0.1, 0.15) is 12.5 Å². The van der Waals surface area contributed by atoms with Crippen molar-refractivity contribution in [2.24, 2.45) is 0 Å². The lowest BCUT2D eigenvalue weighted by atomic mass is 10.1. The smallest absolute Gasteiger partial charge is 0.330 e. The molecule has 2 fully saturated rings. The van der Waals surface area contributed by atoms with Crippen molar-refractivity contribution in [3.05, 3.63) is 65.2 Å². The van der Waals surface area contributed by atoms with Crippen molar-refractivity contribution < 1.29 is 28.1 Å². The third-order valence-electron chi connectivity index (χ3n) is 6.31. The van der Waals surface area contributed by atoms with Crippen molar-refractivity contribution in [2.45, 2.75) is 63.5 Å². The number of H-pyrrole nitrogens is 2. The van der Waals surface area contributed by atoms with Gasteiger partial charge in [0, 0.05) is 42.9 Å². The van der Waals surface area contributed by atoms with Crippen molar-refractivity contribution in [1.29, 1.82) is 0 Å². The molecule has 2 saturated heterocycles. The standard InChI is InChI=1S/C20H28N6O10S/c1-9-6-25(19(31)22-17(9)29)15-3-11(14(8-27)36-15)24-37(33,34)21-5-13-12(28)4-16(35-13)26-7-10(2)18(30)23-20(26)32/h6-7,11-16,21,24,27-28H,3-5,8H2,1-2H3,(H,22,29,31)(H,23,30,32)/t11-,12-,13+,14+,15+,16+/m0/s1. The summed E-state index contributed by atoms with van der Waals surface area (Å²) in [4.78, 5) is 51.8. The quantitative estimate of drug-likeness (QED) is 0.191. The normalized spacial score (nSPS) is 28.1. The molecule has 16 nitrogen and oxygen atoms in total. The minimum Gasteiger partial charge on any atom is -0.394 e. The van der Waals surface area contributed by atoms with E-state index in [-0.39, 0.29) is 30.5 Å². The van der Waals surface area contributed by atoms with Gasteiger partial charge >= 0.3 is 11.4 Å². The van der Waals surface area contributed by atoms with Crippen LogP contribution in [0, 0.1) is 13.8 Å². The zero-order valence-electron chi connectivity index (χ0n) is 19.9. The fraction of sp³-hybridized carbons (Fsp3) is 0.600. The Hall–Kier alpha value is -2.93. The van der Waals surface area contributed by atoms with Crippen LogP contribution < -0.4 is 31.9 Å². The van der Waals surface area contributed by atoms with Crippen molar-refractivity contribution >= 4 is 10.2 Å². The number of aryl methyl sites for hydroxylation is 2. The van der Waals surface area contributed by atoms with Crippen LogP contribution in [0.2, 0.25) is 0 Å². The summed E-state index contributed by atoms with van der Waals surface area (Å²) in [6, 6.07) is -0.920. The largest absolute Gasteiger partial charge is 0.394 e. The fourth-order valence-corrected chi connectivity index (χ4v) is 5.41. The van der Waals surface area contributed by atoms with E-state index in [0.29, 0.717) is 0 Å². The van der Waals surface area contributed by atoms with E-state index in [1.807, 2.05) is 0 Å². The van der Waals surface area contributed by atoms with Gasteiger partial charge in [0.05, 0.1) is 31.0 Å². The van der Waals surface area contributed by atoms with Crippen molar-refractivity contribution in [3.8, 4) is 0 Å². The van der Waals surface area contributed by atoms with E-state index in [0.717, 1.165) is 9.13 Å². The number of hydrogen-bond donors (Lipinski definition) is 6. The van der Waals surface area contributed by atoms with E-state index in [4.69, 9.17) is 9.47 Å². The Balaban J connectivity index is 1.39. The van der Waals surface area contributed by atoms with Crippen LogP contribution in [-0.4, -0.2) is 75.2 Å². The molecular formula is C20H28N6O10S. The van der Waals surface area contributed by atoms with Gasteiger partial charge < -0.3 is 19.7 Å². The molecule has 0 aliphatic carbocycles. The Labute approximate surface area is 209 Å². The highest BCUT2D eigenvalue weighted by Gasteiger charge is 2.40. The maximum absolute atomic E-state index is 12.7. The molecule has 6 N–H and O–H groups in total. The lowest BCUT2D eigenvalue weighted by Crippen LogP contribution is -2.49. The fourth-order valence-electron chi connectivity index (χ4n) is 4.30. The molecule has 2 aromatic heterocycles. The summed E-state index contributed by atoms with van der Waals surface area (Å²) >= 11 is 0. The lowest BCUT2D eigenvalue weighted by molar-refractivity contribution is -0.0280. The maximum atomic E-state index is 12.7. The van der Waals surface area contributed by atoms with Gasteiger partial charge in [-0.05, 0) is 13.8 Å². The summed E-state index contributed by atoms with van der Waals surface area (Å²) in [5.74, 6) is 0. The zero-order valence-corrected chi connectivity index (χ0v) is 20.7. The van der Waals surface area contributed by atoms with E-state index in [9.17, 15) is 37.8 Å². The summed E-state index contributed by atoms with van der Waals surface area (Å²) in [6.07, 6.45) is -2.37. The first-order valence-corrected chi connectivity index (χ1v) is 12.9. The third-order valence-corrected chi connectivity index (χ3v) is 7.47. The molecule has 0 unspecified atom stereocenters. The molecule has 4 heterocycles. The van der Waals surface area contributed by atoms with E-state index < -0.39 is 76.1 Å². The van der Waals surface area contributed by atoms with Crippen LogP contribution in [-0.2, 0) is 19.7 Å². The van der Waals surface area contributed by atoms with Gasteiger partial charge in [-0.1, -0.05) is 0 Å². The molecule has 6 atom stereocenters. The maximum Gasteiger partial charge on any atom is 0.330 e. The summed E-state index contributed by atoms with van der Waals surface area (Å²) in [7, 11) is -4.20. The summed E-state index contributed by atoms with van der Waals surface area (Å²) < 4.78 is 43.6. The second kappa shape index (κ2) is 10.4. The number of aliphatic hydroxyl groups is 2. The molecule has 2 aliphatic rings. The van der Waals surface area contributed by atoms with Gasteiger partial charge in [-0.3, -0.25) is 28.7 Å². The number of aromatic amines is 2. The predicted octanol–water partition coefficient (Wildman–Crippen LogP) is -3.58. The van der Waals surface area contributed by atoms with Crippen molar-refractivity contribution in [2.75, 3.05) is 13.2 Å². The monoisotopic (exact) mass is 544 g/mol. The van der Waals surface area contributed by atoms with Gasteiger partial charge in [0.25, 0.3) is 21.3 Å². The van der Waals surface area contributed by atoms with Crippen LogP contribution in [0.25, 0.3) is 0 Å². The van der Waals surface area contributed by atoms with Crippen molar-refractivity contribution in [1.82, 2.24) is 28.5 Å². The highest BCUT2D eigenvalue weighted by atomic mass is 32.2. The molecule has 0 amide bonds. The highest BCUT2D eigenvalue weighted by molar-refractivity contribution is 7.87. The first-order chi connectivity index (χ1) is 17.4. The molecule has 17 heteroatoms. The first-order valence-electron chi connectivity index (χ1n) is 11.4. The molecular weight excluding hydrogens is 516 g/mol. The molecule has 37 heavy (non-hydrogen) atoms. The summed E-state index contributed by atoms with van der Waals surface area (Å²) in [5, 5.41) is 20.0. The van der Waals surface area contributed by atoms with Crippen molar-refractivity contribution in [3.63, 3.8) is 0 Å². The SMILES string of the molecule is Cc1cn([C@H]2C[C@H](NS(=O)(=O)NC[C@H]3O[C@@H](n4cc(C)c(=O)[nH]c4=O)C[C@@H]3O)[C@@H](CO)O2)c(=O)[nH]c1=O. The van der Waals surface area contributed by atoms with Crippen LogP contribution in [0.3, 0.4) is 0 Å². The molecule has 0 saturated carbocycles. The van der Waals surface area contributed by atoms with E-state index in [1.54, 1.807) is 0 Å². The van der Waals surface area contributed by atoms with Gasteiger partial charge in [-0.2, -0.15) is 17.9 Å². The second-order valence-corrected chi connectivity index (χ2v) is 10.5. The average Bonchev–Trinajstić information content (AvgIpc) is 3.39. The number of aromatic nitrogens is 4. The number of nitrogens with zero attached hydrogens (tertiary/aromatic N) is 2. The number of aliphatic hydroxyl groups excluding tert-OH is 2. The van der Waals surface area contributed by atoms with E-state index in [1.165, 1.54) is 26.2 Å². The molecule has 0 aromatic carbocycles. The molecule has 4 rings (SSSR count). The van der Waals surface area contributed by atoms with Crippen LogP contribution in [0.5, 0.6) is 0 Å². The first kappa shape index (κ1) is 27.1.